The average Bonchev–Trinajstić information content (AvgIpc) is 3.63. The Kier molecular flexibility index (Phi) is 10.5. The standard InChI is InChI=1S/C19H26Si2.C15H13.C5H5.Hf/c1-20(2,3)18-11-7-16(8-12-18)15-17-9-13-19(14-10-17)21(4,5)6;1-10-3-5-14-12(7-10)9-13-8-11(2)4-6-15(13)14;1-2-4-5-3-1;/h7-14H,1-6H3;3-9H,1-2H3;1-5H;/q;2*-1;+2. The first-order chi connectivity index (χ1) is 19.8. The monoisotopic (exact) mass is 748 g/mol. The largest absolute Gasteiger partial charge is 0.214 e. The third kappa shape index (κ3) is 8.43. The molecule has 0 spiro atoms. The minimum atomic E-state index is -1.19. The number of aryl methyl sites for hydroxylation is 2. The molecule has 0 atom stereocenters. The molecule has 42 heavy (non-hydrogen) atoms. The van der Waals surface area contributed by atoms with E-state index < -0.39 is 16.1 Å². The third-order valence-electron chi connectivity index (χ3n) is 7.65. The molecule has 0 nitrogen and oxygen atoms in total. The summed E-state index contributed by atoms with van der Waals surface area (Å²) < 4.78 is 1.50. The van der Waals surface area contributed by atoms with E-state index >= 15 is 0 Å². The van der Waals surface area contributed by atoms with Crippen molar-refractivity contribution in [2.24, 2.45) is 0 Å². The van der Waals surface area contributed by atoms with Crippen molar-refractivity contribution in [3.05, 3.63) is 144 Å². The molecule has 0 aromatic heterocycles. The zero-order chi connectivity index (χ0) is 30.5. The van der Waals surface area contributed by atoms with Crippen molar-refractivity contribution in [1.82, 2.24) is 0 Å². The maximum Gasteiger partial charge on any atom is -0.0469 e. The van der Waals surface area contributed by atoms with Crippen LogP contribution < -0.4 is 10.4 Å². The van der Waals surface area contributed by atoms with E-state index in [4.69, 9.17) is 0 Å². The topological polar surface area (TPSA) is 0 Å². The SMILES string of the molecule is C[Si](C)(C)c1ccc([C](=[Hf+2])c2ccc([Si](C)(C)C)cc2)cc1.Cc1ccc2c(c1)[cH-]c1cc(C)ccc12.c1cc[cH-]c1. The summed E-state index contributed by atoms with van der Waals surface area (Å²) in [5, 5.41) is 8.54. The van der Waals surface area contributed by atoms with E-state index in [0.717, 1.165) is 23.9 Å². The van der Waals surface area contributed by atoms with Gasteiger partial charge in [-0.1, -0.05) is 35.4 Å². The average molecular weight is 747 g/mol. The van der Waals surface area contributed by atoms with Gasteiger partial charge in [0.25, 0.3) is 0 Å². The van der Waals surface area contributed by atoms with Crippen LogP contribution in [-0.4, -0.2) is 19.4 Å². The van der Waals surface area contributed by atoms with Crippen LogP contribution in [0.2, 0.25) is 39.3 Å². The van der Waals surface area contributed by atoms with E-state index in [1.165, 1.54) is 47.1 Å². The van der Waals surface area contributed by atoms with Gasteiger partial charge < -0.3 is 0 Å². The smallest absolute Gasteiger partial charge is 0.0469 e. The zero-order valence-corrected chi connectivity index (χ0v) is 32.1. The summed E-state index contributed by atoms with van der Waals surface area (Å²) in [4.78, 5) is 0. The summed E-state index contributed by atoms with van der Waals surface area (Å²) in [5.41, 5.74) is 5.45. The molecule has 0 heterocycles. The molecule has 212 valence electrons. The Hall–Kier alpha value is -2.73. The summed E-state index contributed by atoms with van der Waals surface area (Å²) in [6, 6.07) is 44.3. The van der Waals surface area contributed by atoms with Gasteiger partial charge in [-0.2, -0.15) is 18.2 Å². The molecule has 6 rings (SSSR count). The van der Waals surface area contributed by atoms with E-state index in [9.17, 15) is 0 Å². The van der Waals surface area contributed by atoms with Crippen molar-refractivity contribution >= 4 is 51.3 Å². The van der Waals surface area contributed by atoms with Gasteiger partial charge in [-0.25, -0.2) is 12.1 Å². The second-order valence-electron chi connectivity index (χ2n) is 13.3. The van der Waals surface area contributed by atoms with Gasteiger partial charge in [0.2, 0.25) is 0 Å². The fourth-order valence-corrected chi connectivity index (χ4v) is 8.55. The summed E-state index contributed by atoms with van der Waals surface area (Å²) in [6.07, 6.45) is 0. The number of fused-ring (bicyclic) bond motifs is 3. The predicted octanol–water partition coefficient (Wildman–Crippen LogP) is 9.63. The molecular formula is C39H44HfSi2. The molecule has 6 aromatic rings. The van der Waals surface area contributed by atoms with Crippen LogP contribution in [0.1, 0.15) is 22.3 Å². The van der Waals surface area contributed by atoms with E-state index in [1.54, 1.807) is 10.4 Å². The Bertz CT molecular complexity index is 1610. The first-order valence-corrected chi connectivity index (χ1v) is 23.7. The second kappa shape index (κ2) is 13.7. The normalized spacial score (nSPS) is 11.5. The second-order valence-corrected chi connectivity index (χ2v) is 25.3. The summed E-state index contributed by atoms with van der Waals surface area (Å²) in [5.74, 6) is 0. The Labute approximate surface area is 270 Å². The Balaban J connectivity index is 0.000000172. The molecule has 0 saturated heterocycles. The van der Waals surface area contributed by atoms with Gasteiger partial charge in [0.15, 0.2) is 0 Å². The Morgan fingerprint density at radius 1 is 0.548 bits per heavy atom. The number of hydrogen-bond donors (Lipinski definition) is 0. The van der Waals surface area contributed by atoms with Crippen molar-refractivity contribution in [3.63, 3.8) is 0 Å². The minimum Gasteiger partial charge on any atom is -0.214 e. The third-order valence-corrected chi connectivity index (χ3v) is 13.9. The van der Waals surface area contributed by atoms with Crippen molar-refractivity contribution in [2.45, 2.75) is 53.1 Å². The molecular weight excluding hydrogens is 703 g/mol. The molecule has 0 aliphatic carbocycles. The molecule has 0 amide bonds. The van der Waals surface area contributed by atoms with E-state index in [2.05, 4.69) is 144 Å². The molecule has 3 heteroatoms. The zero-order valence-electron chi connectivity index (χ0n) is 26.5. The van der Waals surface area contributed by atoms with Crippen molar-refractivity contribution < 1.29 is 23.9 Å². The van der Waals surface area contributed by atoms with Gasteiger partial charge >= 0.3 is 153 Å². The van der Waals surface area contributed by atoms with Gasteiger partial charge in [-0.05, 0) is 13.8 Å². The van der Waals surface area contributed by atoms with Gasteiger partial charge in [0.1, 0.15) is 0 Å². The maximum atomic E-state index is 2.41. The predicted molar refractivity (Wildman–Crippen MR) is 191 cm³/mol. The molecule has 0 radical (unpaired) electrons. The molecule has 6 aromatic carbocycles. The first kappa shape index (κ1) is 32.2. The van der Waals surface area contributed by atoms with E-state index in [0.29, 0.717) is 0 Å². The van der Waals surface area contributed by atoms with Crippen LogP contribution in [0.5, 0.6) is 0 Å². The molecule has 0 fully saturated rings. The minimum absolute atomic E-state index is 1.08. The van der Waals surface area contributed by atoms with Crippen LogP contribution in [0.25, 0.3) is 21.5 Å². The Morgan fingerprint density at radius 2 is 0.929 bits per heavy atom. The molecule has 0 aliphatic heterocycles. The van der Waals surface area contributed by atoms with Crippen LogP contribution in [-0.2, 0) is 23.9 Å². The summed E-state index contributed by atoms with van der Waals surface area (Å²) >= 11 is 1.08. The van der Waals surface area contributed by atoms with E-state index in [1.807, 2.05) is 30.3 Å². The van der Waals surface area contributed by atoms with E-state index in [-0.39, 0.29) is 0 Å². The molecule has 0 unspecified atom stereocenters. The van der Waals surface area contributed by atoms with Crippen LogP contribution in [0.3, 0.4) is 0 Å². The molecule has 0 aliphatic rings. The van der Waals surface area contributed by atoms with Gasteiger partial charge in [0, 0.05) is 0 Å². The number of rotatable bonds is 4. The number of benzene rings is 4. The summed E-state index contributed by atoms with van der Waals surface area (Å²) in [6.45, 7) is 18.7. The fourth-order valence-electron chi connectivity index (χ4n) is 5.02. The van der Waals surface area contributed by atoms with Crippen molar-refractivity contribution in [2.75, 3.05) is 0 Å². The summed E-state index contributed by atoms with van der Waals surface area (Å²) in [7, 11) is -2.38. The first-order valence-electron chi connectivity index (χ1n) is 14.9. The van der Waals surface area contributed by atoms with Crippen LogP contribution in [0, 0.1) is 13.8 Å². The van der Waals surface area contributed by atoms with Crippen LogP contribution in [0.4, 0.5) is 0 Å². The fraction of sp³-hybridized carbons (Fsp3) is 0.205. The molecule has 0 N–H and O–H groups in total. The van der Waals surface area contributed by atoms with Gasteiger partial charge in [-0.15, -0.1) is 39.7 Å². The van der Waals surface area contributed by atoms with Crippen LogP contribution >= 0.6 is 0 Å². The van der Waals surface area contributed by atoms with Crippen LogP contribution in [0.15, 0.2) is 121 Å². The van der Waals surface area contributed by atoms with Crippen molar-refractivity contribution in [3.8, 4) is 0 Å². The quantitative estimate of drug-likeness (QED) is 0.125. The molecule has 0 saturated carbocycles. The maximum absolute atomic E-state index is 2.41. The van der Waals surface area contributed by atoms with Gasteiger partial charge in [-0.3, -0.25) is 0 Å². The number of hydrogen-bond acceptors (Lipinski definition) is 0. The molecule has 0 bridgehead atoms. The van der Waals surface area contributed by atoms with Gasteiger partial charge in [0.05, 0.1) is 0 Å². The Morgan fingerprint density at radius 3 is 1.24 bits per heavy atom. The van der Waals surface area contributed by atoms with Crippen molar-refractivity contribution in [1.29, 1.82) is 0 Å².